The van der Waals surface area contributed by atoms with Gasteiger partial charge in [0.25, 0.3) is 0 Å². The van der Waals surface area contributed by atoms with Crippen LogP contribution in [0, 0.1) is 0 Å². The molecule has 0 saturated heterocycles. The van der Waals surface area contributed by atoms with E-state index >= 15 is 0 Å². The van der Waals surface area contributed by atoms with E-state index in [1.54, 1.807) is 0 Å². The van der Waals surface area contributed by atoms with Crippen LogP contribution in [0.5, 0.6) is 0 Å². The third-order valence-electron chi connectivity index (χ3n) is 10.2. The van der Waals surface area contributed by atoms with Crippen molar-refractivity contribution >= 4 is 11.9 Å². The summed E-state index contributed by atoms with van der Waals surface area (Å²) < 4.78 is 17.3. The zero-order chi connectivity index (χ0) is 46.3. The monoisotopic (exact) mass is 883 g/mol. The third-order valence-corrected chi connectivity index (χ3v) is 10.2. The Morgan fingerprint density at radius 1 is 0.359 bits per heavy atom. The van der Waals surface area contributed by atoms with Crippen molar-refractivity contribution in [3.05, 3.63) is 134 Å². The van der Waals surface area contributed by atoms with Gasteiger partial charge in [0.15, 0.2) is 6.10 Å². The predicted octanol–water partition coefficient (Wildman–Crippen LogP) is 17.6. The number of hydrogen-bond acceptors (Lipinski definition) is 5. The van der Waals surface area contributed by atoms with Gasteiger partial charge in [-0.15, -0.1) is 0 Å². The van der Waals surface area contributed by atoms with E-state index in [4.69, 9.17) is 14.2 Å². The van der Waals surface area contributed by atoms with Gasteiger partial charge in [0.05, 0.1) is 6.61 Å². The van der Waals surface area contributed by atoms with Crippen LogP contribution in [0.3, 0.4) is 0 Å². The number of hydrogen-bond donors (Lipinski definition) is 0. The smallest absolute Gasteiger partial charge is 0.306 e. The lowest BCUT2D eigenvalue weighted by atomic mass is 10.1. The van der Waals surface area contributed by atoms with Gasteiger partial charge < -0.3 is 14.2 Å². The van der Waals surface area contributed by atoms with Crippen LogP contribution in [0.15, 0.2) is 134 Å². The number of allylic oxidation sites excluding steroid dienone is 22. The topological polar surface area (TPSA) is 61.8 Å². The molecule has 0 N–H and O–H groups in total. The Bertz CT molecular complexity index is 1370. The van der Waals surface area contributed by atoms with E-state index < -0.39 is 6.10 Å². The van der Waals surface area contributed by atoms with Gasteiger partial charge in [-0.3, -0.25) is 9.59 Å². The van der Waals surface area contributed by atoms with Crippen LogP contribution in [0.4, 0.5) is 0 Å². The molecule has 0 rings (SSSR count). The summed E-state index contributed by atoms with van der Waals surface area (Å²) in [6.07, 6.45) is 76.2. The van der Waals surface area contributed by atoms with E-state index in [0.717, 1.165) is 103 Å². The summed E-state index contributed by atoms with van der Waals surface area (Å²) in [6.45, 7) is 7.40. The van der Waals surface area contributed by atoms with Gasteiger partial charge in [0, 0.05) is 19.4 Å². The third kappa shape index (κ3) is 50.7. The molecule has 0 aliphatic rings. The van der Waals surface area contributed by atoms with Crippen LogP contribution in [0.1, 0.15) is 201 Å². The van der Waals surface area contributed by atoms with E-state index in [2.05, 4.69) is 148 Å². The summed E-state index contributed by atoms with van der Waals surface area (Å²) in [4.78, 5) is 25.3. The molecule has 5 nitrogen and oxygen atoms in total. The number of ether oxygens (including phenoxy) is 3. The largest absolute Gasteiger partial charge is 0.462 e. The highest BCUT2D eigenvalue weighted by molar-refractivity contribution is 5.70. The standard InChI is InChI=1S/C59H94O5/c1-4-7-10-13-16-19-22-25-27-28-29-30-31-33-36-39-42-45-48-51-54-62-55-57(64-59(61)53-50-47-44-41-38-34-24-21-18-15-12-9-6-3)56-63-58(60)52-49-46-43-40-37-35-32-26-23-20-17-14-11-8-5-2/h8-9,11-12,16-21,25-27,29-30,32,34,37-38,40,44,47,57H,4-7,10,13-15,22-24,28,31,33,35-36,39,41-43,45-46,48-56H2,1-3H3/b11-8-,12-9-,19-16-,20-17-,21-18-,27-25-,30-29-,32-26-,38-34-,40-37-,47-44-. The Hall–Kier alpha value is -3.96. The SMILES string of the molecule is CC/C=C\C/C=C\C/C=C\C/C=C\CCCCC(=O)OCC(COCCCCCCCCC/C=C\C/C=C\C/C=C\CCCCC)OC(=O)CC/C=C\C/C=C\C/C=C\C/C=C\CC. The molecule has 5 heteroatoms. The molecule has 0 aliphatic carbocycles. The molecule has 0 aromatic rings. The van der Waals surface area contributed by atoms with Crippen LogP contribution >= 0.6 is 0 Å². The van der Waals surface area contributed by atoms with Crippen molar-refractivity contribution in [3.8, 4) is 0 Å². The van der Waals surface area contributed by atoms with E-state index in [-0.39, 0.29) is 31.6 Å². The Morgan fingerprint density at radius 3 is 1.19 bits per heavy atom. The maximum Gasteiger partial charge on any atom is 0.306 e. The first-order valence-corrected chi connectivity index (χ1v) is 25.7. The molecular formula is C59H94O5. The molecule has 0 spiro atoms. The molecule has 1 unspecified atom stereocenters. The van der Waals surface area contributed by atoms with Crippen molar-refractivity contribution in [2.24, 2.45) is 0 Å². The van der Waals surface area contributed by atoms with Crippen molar-refractivity contribution in [1.29, 1.82) is 0 Å². The van der Waals surface area contributed by atoms with E-state index in [1.807, 2.05) is 6.08 Å². The molecule has 0 aromatic heterocycles. The van der Waals surface area contributed by atoms with Crippen LogP contribution in [0.2, 0.25) is 0 Å². The van der Waals surface area contributed by atoms with Crippen LogP contribution in [0.25, 0.3) is 0 Å². The van der Waals surface area contributed by atoms with Crippen LogP contribution < -0.4 is 0 Å². The Labute approximate surface area is 394 Å². The highest BCUT2D eigenvalue weighted by atomic mass is 16.6. The van der Waals surface area contributed by atoms with Crippen molar-refractivity contribution < 1.29 is 23.8 Å². The number of carbonyl (C=O) groups excluding carboxylic acids is 2. The average molecular weight is 883 g/mol. The molecule has 360 valence electrons. The molecular weight excluding hydrogens is 789 g/mol. The van der Waals surface area contributed by atoms with Gasteiger partial charge >= 0.3 is 11.9 Å². The van der Waals surface area contributed by atoms with Gasteiger partial charge in [0.1, 0.15) is 6.61 Å². The van der Waals surface area contributed by atoms with Gasteiger partial charge in [0.2, 0.25) is 0 Å². The predicted molar refractivity (Wildman–Crippen MR) is 278 cm³/mol. The molecule has 0 saturated carbocycles. The highest BCUT2D eigenvalue weighted by Gasteiger charge is 2.17. The molecule has 0 heterocycles. The minimum atomic E-state index is -0.606. The lowest BCUT2D eigenvalue weighted by molar-refractivity contribution is -0.162. The van der Waals surface area contributed by atoms with Crippen molar-refractivity contribution in [2.45, 2.75) is 207 Å². The number of carbonyl (C=O) groups is 2. The number of esters is 2. The normalized spacial score (nSPS) is 13.4. The summed E-state index contributed by atoms with van der Waals surface area (Å²) in [6, 6.07) is 0. The van der Waals surface area contributed by atoms with Crippen molar-refractivity contribution in [1.82, 2.24) is 0 Å². The second-order valence-electron chi connectivity index (χ2n) is 16.3. The van der Waals surface area contributed by atoms with Crippen LogP contribution in [-0.2, 0) is 23.8 Å². The van der Waals surface area contributed by atoms with E-state index in [1.165, 1.54) is 57.8 Å². The van der Waals surface area contributed by atoms with Gasteiger partial charge in [-0.1, -0.05) is 199 Å². The zero-order valence-electron chi connectivity index (χ0n) is 41.2. The molecule has 0 fully saturated rings. The van der Waals surface area contributed by atoms with Crippen molar-refractivity contribution in [3.63, 3.8) is 0 Å². The molecule has 1 atom stereocenters. The summed E-state index contributed by atoms with van der Waals surface area (Å²) >= 11 is 0. The first-order chi connectivity index (χ1) is 31.6. The number of rotatable bonds is 45. The van der Waals surface area contributed by atoms with E-state index in [9.17, 15) is 9.59 Å². The molecule has 0 aromatic carbocycles. The molecule has 0 radical (unpaired) electrons. The molecule has 0 amide bonds. The Morgan fingerprint density at radius 2 is 0.734 bits per heavy atom. The first-order valence-electron chi connectivity index (χ1n) is 25.7. The number of unbranched alkanes of at least 4 members (excludes halogenated alkanes) is 12. The molecule has 0 bridgehead atoms. The average Bonchev–Trinajstić information content (AvgIpc) is 3.30. The van der Waals surface area contributed by atoms with Crippen LogP contribution in [-0.4, -0.2) is 37.9 Å². The second-order valence-corrected chi connectivity index (χ2v) is 16.3. The van der Waals surface area contributed by atoms with Gasteiger partial charge in [-0.25, -0.2) is 0 Å². The summed E-state index contributed by atoms with van der Waals surface area (Å²) in [5, 5.41) is 0. The van der Waals surface area contributed by atoms with E-state index in [0.29, 0.717) is 19.4 Å². The Balaban J connectivity index is 4.44. The lowest BCUT2D eigenvalue weighted by Gasteiger charge is -2.18. The quantitative estimate of drug-likeness (QED) is 0.0346. The second kappa shape index (κ2) is 53.4. The first kappa shape index (κ1) is 60.0. The fraction of sp³-hybridized carbons (Fsp3) is 0.593. The fourth-order valence-electron chi connectivity index (χ4n) is 6.40. The summed E-state index contributed by atoms with van der Waals surface area (Å²) in [5.41, 5.74) is 0. The van der Waals surface area contributed by atoms with Gasteiger partial charge in [-0.2, -0.15) is 0 Å². The minimum Gasteiger partial charge on any atom is -0.462 e. The Kier molecular flexibility index (Phi) is 50.1. The minimum absolute atomic E-state index is 0.0220. The maximum absolute atomic E-state index is 12.7. The highest BCUT2D eigenvalue weighted by Crippen LogP contribution is 2.11. The summed E-state index contributed by atoms with van der Waals surface area (Å²) in [7, 11) is 0. The molecule has 0 aliphatic heterocycles. The zero-order valence-corrected chi connectivity index (χ0v) is 41.2. The van der Waals surface area contributed by atoms with Crippen molar-refractivity contribution in [2.75, 3.05) is 19.8 Å². The van der Waals surface area contributed by atoms with Gasteiger partial charge in [-0.05, 0) is 122 Å². The summed E-state index contributed by atoms with van der Waals surface area (Å²) in [5.74, 6) is -0.556. The molecule has 64 heavy (non-hydrogen) atoms. The fourth-order valence-corrected chi connectivity index (χ4v) is 6.40. The lowest BCUT2D eigenvalue weighted by Crippen LogP contribution is -2.30. The maximum atomic E-state index is 12.7.